The van der Waals surface area contributed by atoms with Crippen molar-refractivity contribution < 1.29 is 14.5 Å². The van der Waals surface area contributed by atoms with Crippen molar-refractivity contribution in [3.05, 3.63) is 27.3 Å². The molecule has 0 saturated carbocycles. The van der Waals surface area contributed by atoms with Crippen molar-refractivity contribution in [2.24, 2.45) is 5.73 Å². The van der Waals surface area contributed by atoms with Crippen molar-refractivity contribution in [1.82, 2.24) is 0 Å². The van der Waals surface area contributed by atoms with Crippen molar-refractivity contribution in [3.8, 4) is 5.75 Å². The van der Waals surface area contributed by atoms with Gasteiger partial charge in [0.05, 0.1) is 17.6 Å². The maximum Gasteiger partial charge on any atom is 0.334 e. The highest BCUT2D eigenvalue weighted by atomic mass is 16.6. The lowest BCUT2D eigenvalue weighted by atomic mass is 10.1. The third kappa shape index (κ3) is 1.74. The predicted octanol–water partition coefficient (Wildman–Crippen LogP) is 0.593. The molecule has 0 unspecified atom stereocenters. The molecule has 7 nitrogen and oxygen atoms in total. The minimum atomic E-state index is -0.803. The predicted molar refractivity (Wildman–Crippen MR) is 57.3 cm³/mol. The fourth-order valence-electron chi connectivity index (χ4n) is 1.37. The second-order valence-corrected chi connectivity index (χ2v) is 3.16. The van der Waals surface area contributed by atoms with E-state index in [1.165, 1.54) is 13.2 Å². The average molecular weight is 225 g/mol. The lowest BCUT2D eigenvalue weighted by Gasteiger charge is -2.10. The van der Waals surface area contributed by atoms with E-state index >= 15 is 0 Å². The SMILES string of the molecule is COc1c(C(N)=O)cc(C)c(N)c1[N+](=O)[O-]. The molecule has 0 saturated heterocycles. The molecule has 1 rings (SSSR count). The van der Waals surface area contributed by atoms with E-state index in [0.29, 0.717) is 5.56 Å². The highest BCUT2D eigenvalue weighted by Gasteiger charge is 2.26. The number of nitrogen functional groups attached to an aromatic ring is 1. The molecular formula is C9H11N3O4. The number of methoxy groups -OCH3 is 1. The number of hydrogen-bond acceptors (Lipinski definition) is 5. The standard InChI is InChI=1S/C9H11N3O4/c1-4-3-5(9(11)13)8(16-2)7(6(4)10)12(14)15/h3H,10H2,1-2H3,(H2,11,13). The Hall–Kier alpha value is -2.31. The molecule has 0 aromatic heterocycles. The van der Waals surface area contributed by atoms with Gasteiger partial charge in [-0.25, -0.2) is 0 Å². The van der Waals surface area contributed by atoms with Gasteiger partial charge in [0.2, 0.25) is 5.75 Å². The van der Waals surface area contributed by atoms with E-state index < -0.39 is 16.5 Å². The van der Waals surface area contributed by atoms with E-state index in [1.54, 1.807) is 6.92 Å². The van der Waals surface area contributed by atoms with Gasteiger partial charge in [-0.05, 0) is 18.6 Å². The third-order valence-electron chi connectivity index (χ3n) is 2.15. The first-order valence-electron chi connectivity index (χ1n) is 4.31. The van der Waals surface area contributed by atoms with E-state index in [9.17, 15) is 14.9 Å². The van der Waals surface area contributed by atoms with Crippen LogP contribution in [-0.4, -0.2) is 17.9 Å². The van der Waals surface area contributed by atoms with Gasteiger partial charge in [-0.3, -0.25) is 14.9 Å². The topological polar surface area (TPSA) is 121 Å². The van der Waals surface area contributed by atoms with Gasteiger partial charge in [-0.1, -0.05) is 0 Å². The smallest absolute Gasteiger partial charge is 0.334 e. The maximum atomic E-state index is 11.1. The Morgan fingerprint density at radius 3 is 2.50 bits per heavy atom. The van der Waals surface area contributed by atoms with Crippen LogP contribution in [0.25, 0.3) is 0 Å². The molecule has 0 aliphatic rings. The Labute approximate surface area is 91.1 Å². The summed E-state index contributed by atoms with van der Waals surface area (Å²) in [7, 11) is 1.21. The first-order valence-corrected chi connectivity index (χ1v) is 4.31. The van der Waals surface area contributed by atoms with Gasteiger partial charge in [0.15, 0.2) is 0 Å². The Balaban J connectivity index is 3.68. The molecule has 1 aromatic rings. The number of ether oxygens (including phenoxy) is 1. The van der Waals surface area contributed by atoms with Crippen molar-refractivity contribution in [2.45, 2.75) is 6.92 Å². The minimum Gasteiger partial charge on any atom is -0.490 e. The summed E-state index contributed by atoms with van der Waals surface area (Å²) >= 11 is 0. The van der Waals surface area contributed by atoms with Gasteiger partial charge in [0.25, 0.3) is 5.91 Å². The number of carbonyl (C=O) groups excluding carboxylic acids is 1. The van der Waals surface area contributed by atoms with Gasteiger partial charge in [-0.2, -0.15) is 0 Å². The van der Waals surface area contributed by atoms with Crippen molar-refractivity contribution in [3.63, 3.8) is 0 Å². The molecule has 0 aliphatic carbocycles. The molecule has 0 heterocycles. The summed E-state index contributed by atoms with van der Waals surface area (Å²) in [5.74, 6) is -1.01. The van der Waals surface area contributed by atoms with Crippen LogP contribution in [-0.2, 0) is 0 Å². The third-order valence-corrected chi connectivity index (χ3v) is 2.15. The average Bonchev–Trinajstić information content (AvgIpc) is 2.20. The zero-order valence-corrected chi connectivity index (χ0v) is 8.81. The Kier molecular flexibility index (Phi) is 2.98. The van der Waals surface area contributed by atoms with Gasteiger partial charge >= 0.3 is 5.69 Å². The summed E-state index contributed by atoms with van der Waals surface area (Å²) in [4.78, 5) is 21.2. The zero-order chi connectivity index (χ0) is 12.5. The van der Waals surface area contributed by atoms with Crippen LogP contribution < -0.4 is 16.2 Å². The summed E-state index contributed by atoms with van der Waals surface area (Å²) in [6.45, 7) is 1.55. The largest absolute Gasteiger partial charge is 0.490 e. The molecule has 1 aromatic carbocycles. The fourth-order valence-corrected chi connectivity index (χ4v) is 1.37. The quantitative estimate of drug-likeness (QED) is 0.443. The summed E-state index contributed by atoms with van der Waals surface area (Å²) < 4.78 is 4.81. The first-order chi connectivity index (χ1) is 7.40. The molecule has 0 spiro atoms. The van der Waals surface area contributed by atoms with E-state index in [0.717, 1.165) is 0 Å². The zero-order valence-electron chi connectivity index (χ0n) is 8.81. The number of aryl methyl sites for hydroxylation is 1. The van der Waals surface area contributed by atoms with E-state index in [1.807, 2.05) is 0 Å². The molecule has 1 amide bonds. The lowest BCUT2D eigenvalue weighted by Crippen LogP contribution is -2.15. The molecule has 7 heteroatoms. The minimum absolute atomic E-state index is 0.0353. The van der Waals surface area contributed by atoms with Crippen LogP contribution in [0, 0.1) is 17.0 Å². The monoisotopic (exact) mass is 225 g/mol. The number of benzene rings is 1. The number of hydrogen-bond donors (Lipinski definition) is 2. The summed E-state index contributed by atoms with van der Waals surface area (Å²) in [6.07, 6.45) is 0. The molecule has 16 heavy (non-hydrogen) atoms. The Morgan fingerprint density at radius 1 is 1.56 bits per heavy atom. The molecule has 0 bridgehead atoms. The van der Waals surface area contributed by atoms with Gasteiger partial charge in [0, 0.05) is 0 Å². The number of nitrogens with two attached hydrogens (primary N) is 2. The Bertz CT molecular complexity index is 470. The molecule has 0 radical (unpaired) electrons. The van der Waals surface area contributed by atoms with E-state index in [4.69, 9.17) is 16.2 Å². The van der Waals surface area contributed by atoms with Crippen LogP contribution in [0.3, 0.4) is 0 Å². The number of amides is 1. The number of nitro benzene ring substituents is 1. The van der Waals surface area contributed by atoms with Crippen LogP contribution in [0.1, 0.15) is 15.9 Å². The molecule has 0 fully saturated rings. The maximum absolute atomic E-state index is 11.1. The number of carbonyl (C=O) groups is 1. The van der Waals surface area contributed by atoms with E-state index in [-0.39, 0.29) is 17.0 Å². The number of anilines is 1. The second kappa shape index (κ2) is 4.05. The molecular weight excluding hydrogens is 214 g/mol. The summed E-state index contributed by atoms with van der Waals surface area (Å²) in [5.41, 5.74) is 10.5. The highest BCUT2D eigenvalue weighted by molar-refractivity contribution is 5.99. The second-order valence-electron chi connectivity index (χ2n) is 3.16. The summed E-state index contributed by atoms with van der Waals surface area (Å²) in [5, 5.41) is 10.8. The van der Waals surface area contributed by atoms with Crippen molar-refractivity contribution in [1.29, 1.82) is 0 Å². The highest BCUT2D eigenvalue weighted by Crippen LogP contribution is 2.38. The lowest BCUT2D eigenvalue weighted by molar-refractivity contribution is -0.384. The van der Waals surface area contributed by atoms with Crippen molar-refractivity contribution in [2.75, 3.05) is 12.8 Å². The molecule has 0 aliphatic heterocycles. The summed E-state index contributed by atoms with van der Waals surface area (Å²) in [6, 6.07) is 1.36. The fraction of sp³-hybridized carbons (Fsp3) is 0.222. The molecule has 0 atom stereocenters. The van der Waals surface area contributed by atoms with Crippen LogP contribution in [0.15, 0.2) is 6.07 Å². The number of primary amides is 1. The van der Waals surface area contributed by atoms with Crippen LogP contribution in [0.4, 0.5) is 11.4 Å². The molecule has 4 N–H and O–H groups in total. The normalized spacial score (nSPS) is 9.88. The first kappa shape index (κ1) is 11.8. The van der Waals surface area contributed by atoms with Gasteiger partial charge in [-0.15, -0.1) is 0 Å². The van der Waals surface area contributed by atoms with E-state index in [2.05, 4.69) is 0 Å². The van der Waals surface area contributed by atoms with Gasteiger partial charge < -0.3 is 16.2 Å². The number of nitro groups is 1. The molecule has 86 valence electrons. The number of nitrogens with zero attached hydrogens (tertiary/aromatic N) is 1. The van der Waals surface area contributed by atoms with Gasteiger partial charge in [0.1, 0.15) is 5.69 Å². The number of rotatable bonds is 3. The van der Waals surface area contributed by atoms with Crippen LogP contribution >= 0.6 is 0 Å². The Morgan fingerprint density at radius 2 is 2.12 bits per heavy atom. The van der Waals surface area contributed by atoms with Crippen LogP contribution in [0.5, 0.6) is 5.75 Å². The van der Waals surface area contributed by atoms with Crippen LogP contribution in [0.2, 0.25) is 0 Å². The van der Waals surface area contributed by atoms with Crippen molar-refractivity contribution >= 4 is 17.3 Å².